The van der Waals surface area contributed by atoms with E-state index in [0.717, 1.165) is 32.4 Å². The third-order valence-corrected chi connectivity index (χ3v) is 5.32. The summed E-state index contributed by atoms with van der Waals surface area (Å²) >= 11 is 6.03. The molecule has 1 fully saturated rings. The van der Waals surface area contributed by atoms with Gasteiger partial charge in [-0.1, -0.05) is 11.6 Å². The second-order valence-electron chi connectivity index (χ2n) is 6.94. The number of likely N-dealkylation sites (N-methyl/N-ethyl adjacent to an activating group) is 1. The molecular weight excluding hydrogens is 370 g/mol. The summed E-state index contributed by atoms with van der Waals surface area (Å²) in [5.41, 5.74) is 0.552. The van der Waals surface area contributed by atoms with Crippen LogP contribution in [0.4, 0.5) is 5.69 Å². The highest BCUT2D eigenvalue weighted by atomic mass is 35.5. The van der Waals surface area contributed by atoms with E-state index in [1.165, 1.54) is 0 Å². The number of carboxylic acids is 1. The molecule has 7 nitrogen and oxygen atoms in total. The molecule has 1 aromatic rings. The van der Waals surface area contributed by atoms with Gasteiger partial charge in [0, 0.05) is 17.6 Å². The molecule has 1 amide bonds. The van der Waals surface area contributed by atoms with Crippen molar-refractivity contribution >= 4 is 29.2 Å². The second kappa shape index (κ2) is 9.92. The molecule has 1 aliphatic rings. The average Bonchev–Trinajstić information content (AvgIpc) is 2.87. The SMILES string of the molecule is COc1ccc(Cl)cc1NC(=O)C(C)N1CCCC(N(C)CC(=O)O)CC1. The second-order valence-corrected chi connectivity index (χ2v) is 7.38. The van der Waals surface area contributed by atoms with Crippen LogP contribution in [0.15, 0.2) is 18.2 Å². The highest BCUT2D eigenvalue weighted by molar-refractivity contribution is 6.31. The number of anilines is 1. The van der Waals surface area contributed by atoms with Gasteiger partial charge in [-0.3, -0.25) is 19.4 Å². The molecule has 1 aliphatic heterocycles. The number of nitrogens with one attached hydrogen (secondary N) is 1. The number of carboxylic acid groups (broad SMARTS) is 1. The van der Waals surface area contributed by atoms with Crippen LogP contribution in [0.3, 0.4) is 0 Å². The Morgan fingerprint density at radius 3 is 2.81 bits per heavy atom. The summed E-state index contributed by atoms with van der Waals surface area (Å²) in [5, 5.41) is 12.4. The Kier molecular flexibility index (Phi) is 7.89. The van der Waals surface area contributed by atoms with E-state index < -0.39 is 5.97 Å². The van der Waals surface area contributed by atoms with Gasteiger partial charge in [-0.15, -0.1) is 0 Å². The maximum absolute atomic E-state index is 12.7. The third-order valence-electron chi connectivity index (χ3n) is 5.09. The van der Waals surface area contributed by atoms with E-state index in [0.29, 0.717) is 16.5 Å². The van der Waals surface area contributed by atoms with E-state index in [9.17, 15) is 9.59 Å². The maximum atomic E-state index is 12.7. The Bertz CT molecular complexity index is 670. The lowest BCUT2D eigenvalue weighted by Crippen LogP contribution is -2.43. The fraction of sp³-hybridized carbons (Fsp3) is 0.579. The fourth-order valence-electron chi connectivity index (χ4n) is 3.45. The highest BCUT2D eigenvalue weighted by Gasteiger charge is 2.27. The van der Waals surface area contributed by atoms with Crippen molar-refractivity contribution in [1.82, 2.24) is 9.80 Å². The summed E-state index contributed by atoms with van der Waals surface area (Å²) in [6.07, 6.45) is 2.69. The number of methoxy groups -OCH3 is 1. The number of carbonyl (C=O) groups excluding carboxylic acids is 1. The van der Waals surface area contributed by atoms with Crippen molar-refractivity contribution in [3.8, 4) is 5.75 Å². The zero-order valence-electron chi connectivity index (χ0n) is 16.1. The van der Waals surface area contributed by atoms with E-state index in [2.05, 4.69) is 10.2 Å². The zero-order valence-corrected chi connectivity index (χ0v) is 16.8. The summed E-state index contributed by atoms with van der Waals surface area (Å²) in [6, 6.07) is 5.01. The molecule has 1 heterocycles. The minimum absolute atomic E-state index is 0.0370. The lowest BCUT2D eigenvalue weighted by Gasteiger charge is -2.28. The molecule has 8 heteroatoms. The van der Waals surface area contributed by atoms with Crippen LogP contribution in [0.5, 0.6) is 5.75 Å². The van der Waals surface area contributed by atoms with E-state index in [1.54, 1.807) is 25.3 Å². The van der Waals surface area contributed by atoms with Crippen LogP contribution in [0.25, 0.3) is 0 Å². The third kappa shape index (κ3) is 6.09. The molecule has 0 aromatic heterocycles. The number of amides is 1. The number of benzene rings is 1. The topological polar surface area (TPSA) is 82.1 Å². The summed E-state index contributed by atoms with van der Waals surface area (Å²) < 4.78 is 5.28. The normalized spacial score (nSPS) is 19.4. The standard InChI is InChI=1S/C19H28ClN3O4/c1-13(19(26)21-16-11-14(20)6-7-17(16)27-3)23-9-4-5-15(8-10-23)22(2)12-18(24)25/h6-7,11,13,15H,4-5,8-10,12H2,1-3H3,(H,21,26)(H,24,25). The van der Waals surface area contributed by atoms with Gasteiger partial charge in [0.2, 0.25) is 5.91 Å². The molecule has 0 aliphatic carbocycles. The number of likely N-dealkylation sites (tertiary alicyclic amines) is 1. The first-order valence-electron chi connectivity index (χ1n) is 9.12. The first-order chi connectivity index (χ1) is 12.8. The molecule has 2 rings (SSSR count). The molecule has 0 saturated carbocycles. The Morgan fingerprint density at radius 1 is 1.41 bits per heavy atom. The van der Waals surface area contributed by atoms with Gasteiger partial charge in [-0.25, -0.2) is 0 Å². The molecule has 0 spiro atoms. The number of rotatable bonds is 7. The molecule has 1 saturated heterocycles. The predicted molar refractivity (Wildman–Crippen MR) is 106 cm³/mol. The van der Waals surface area contributed by atoms with Gasteiger partial charge in [0.15, 0.2) is 0 Å². The first kappa shape index (κ1) is 21.5. The van der Waals surface area contributed by atoms with Crippen LogP contribution in [0.2, 0.25) is 5.02 Å². The number of carbonyl (C=O) groups is 2. The molecule has 2 N–H and O–H groups in total. The number of halogens is 1. The Balaban J connectivity index is 1.97. The lowest BCUT2D eigenvalue weighted by atomic mass is 10.1. The monoisotopic (exact) mass is 397 g/mol. The molecule has 0 bridgehead atoms. The van der Waals surface area contributed by atoms with Crippen molar-refractivity contribution in [3.05, 3.63) is 23.2 Å². The van der Waals surface area contributed by atoms with Crippen LogP contribution in [0, 0.1) is 0 Å². The summed E-state index contributed by atoms with van der Waals surface area (Å²) in [7, 11) is 3.39. The summed E-state index contributed by atoms with van der Waals surface area (Å²) in [6.45, 7) is 3.47. The minimum Gasteiger partial charge on any atom is -0.495 e. The number of hydrogen-bond donors (Lipinski definition) is 2. The zero-order chi connectivity index (χ0) is 20.0. The molecule has 2 unspecified atom stereocenters. The minimum atomic E-state index is -0.818. The van der Waals surface area contributed by atoms with Crippen molar-refractivity contribution in [2.75, 3.05) is 39.1 Å². The quantitative estimate of drug-likeness (QED) is 0.735. The van der Waals surface area contributed by atoms with Gasteiger partial charge in [0.25, 0.3) is 0 Å². The predicted octanol–water partition coefficient (Wildman–Crippen LogP) is 2.55. The maximum Gasteiger partial charge on any atom is 0.317 e. The Hall–Kier alpha value is -1.83. The van der Waals surface area contributed by atoms with Crippen molar-refractivity contribution < 1.29 is 19.4 Å². The van der Waals surface area contributed by atoms with Crippen LogP contribution < -0.4 is 10.1 Å². The molecule has 2 atom stereocenters. The molecular formula is C19H28ClN3O4. The summed E-state index contributed by atoms with van der Waals surface area (Å²) in [4.78, 5) is 27.7. The molecule has 0 radical (unpaired) electrons. The molecule has 27 heavy (non-hydrogen) atoms. The summed E-state index contributed by atoms with van der Waals surface area (Å²) in [5.74, 6) is -0.374. The van der Waals surface area contributed by atoms with Gasteiger partial charge < -0.3 is 15.2 Å². The van der Waals surface area contributed by atoms with Crippen LogP contribution in [-0.4, -0.2) is 72.7 Å². The number of nitrogens with zero attached hydrogens (tertiary/aromatic N) is 2. The Labute approximate surface area is 165 Å². The van der Waals surface area contributed by atoms with Gasteiger partial charge in [-0.2, -0.15) is 0 Å². The lowest BCUT2D eigenvalue weighted by molar-refractivity contribution is -0.138. The molecule has 150 valence electrons. The van der Waals surface area contributed by atoms with Crippen LogP contribution in [0.1, 0.15) is 26.2 Å². The van der Waals surface area contributed by atoms with Gasteiger partial charge >= 0.3 is 5.97 Å². The van der Waals surface area contributed by atoms with Crippen molar-refractivity contribution in [2.24, 2.45) is 0 Å². The fourth-order valence-corrected chi connectivity index (χ4v) is 3.62. The van der Waals surface area contributed by atoms with E-state index >= 15 is 0 Å². The number of hydrogen-bond acceptors (Lipinski definition) is 5. The van der Waals surface area contributed by atoms with Crippen molar-refractivity contribution in [3.63, 3.8) is 0 Å². The van der Waals surface area contributed by atoms with Crippen molar-refractivity contribution in [2.45, 2.75) is 38.3 Å². The smallest absolute Gasteiger partial charge is 0.317 e. The van der Waals surface area contributed by atoms with E-state index in [1.807, 2.05) is 18.9 Å². The highest BCUT2D eigenvalue weighted by Crippen LogP contribution is 2.28. The number of aliphatic carboxylic acids is 1. The van der Waals surface area contributed by atoms with E-state index in [4.69, 9.17) is 21.4 Å². The van der Waals surface area contributed by atoms with Gasteiger partial charge in [0.1, 0.15) is 5.75 Å². The first-order valence-corrected chi connectivity index (χ1v) is 9.50. The van der Waals surface area contributed by atoms with Crippen LogP contribution in [-0.2, 0) is 9.59 Å². The van der Waals surface area contributed by atoms with Crippen LogP contribution >= 0.6 is 11.6 Å². The number of ether oxygens (including phenoxy) is 1. The van der Waals surface area contributed by atoms with E-state index in [-0.39, 0.29) is 24.5 Å². The van der Waals surface area contributed by atoms with Crippen molar-refractivity contribution in [1.29, 1.82) is 0 Å². The van der Waals surface area contributed by atoms with Gasteiger partial charge in [-0.05, 0) is 58.0 Å². The largest absolute Gasteiger partial charge is 0.495 e. The average molecular weight is 398 g/mol. The van der Waals surface area contributed by atoms with Gasteiger partial charge in [0.05, 0.1) is 25.4 Å². The Morgan fingerprint density at radius 2 is 2.15 bits per heavy atom. The molecule has 1 aromatic carbocycles.